The molecular formula is C27H23ClN2O4S. The highest BCUT2D eigenvalue weighted by Crippen LogP contribution is 2.32. The molecule has 0 radical (unpaired) electrons. The smallest absolute Gasteiger partial charge is 0.338 e. The van der Waals surface area contributed by atoms with Gasteiger partial charge in [-0.1, -0.05) is 53.3 Å². The number of carbonyl (C=O) groups excluding carboxylic acids is 1. The van der Waals surface area contributed by atoms with Crippen LogP contribution in [0.4, 0.5) is 0 Å². The van der Waals surface area contributed by atoms with E-state index in [4.69, 9.17) is 21.1 Å². The minimum atomic E-state index is -0.667. The lowest BCUT2D eigenvalue weighted by atomic mass is 9.96. The van der Waals surface area contributed by atoms with Crippen molar-refractivity contribution in [1.29, 1.82) is 0 Å². The van der Waals surface area contributed by atoms with Gasteiger partial charge in [-0.3, -0.25) is 9.36 Å². The summed E-state index contributed by atoms with van der Waals surface area (Å²) < 4.78 is 13.5. The Labute approximate surface area is 211 Å². The molecule has 0 spiro atoms. The summed E-state index contributed by atoms with van der Waals surface area (Å²) in [6, 6.07) is 14.2. The van der Waals surface area contributed by atoms with Gasteiger partial charge in [-0.2, -0.15) is 0 Å². The van der Waals surface area contributed by atoms with Gasteiger partial charge in [0.15, 0.2) is 4.80 Å². The van der Waals surface area contributed by atoms with Crippen molar-refractivity contribution in [3.05, 3.63) is 101 Å². The van der Waals surface area contributed by atoms with Crippen LogP contribution in [0.25, 0.3) is 12.2 Å². The maximum Gasteiger partial charge on any atom is 0.338 e. The van der Waals surface area contributed by atoms with Crippen LogP contribution < -0.4 is 19.6 Å². The molecule has 2 atom stereocenters. The minimum absolute atomic E-state index is 0.215. The molecule has 2 aliphatic heterocycles. The van der Waals surface area contributed by atoms with Gasteiger partial charge < -0.3 is 9.47 Å². The van der Waals surface area contributed by atoms with Crippen LogP contribution in [-0.2, 0) is 9.53 Å². The summed E-state index contributed by atoms with van der Waals surface area (Å²) in [5.41, 5.74) is 3.24. The fraction of sp³-hybridized carbons (Fsp3) is 0.222. The van der Waals surface area contributed by atoms with E-state index < -0.39 is 12.0 Å². The van der Waals surface area contributed by atoms with Crippen molar-refractivity contribution in [2.24, 2.45) is 4.99 Å². The molecule has 0 unspecified atom stereocenters. The first-order valence-corrected chi connectivity index (χ1v) is 12.5. The molecule has 0 N–H and O–H groups in total. The third-order valence-corrected chi connectivity index (χ3v) is 7.25. The Hall–Kier alpha value is -3.42. The summed E-state index contributed by atoms with van der Waals surface area (Å²) in [5.74, 6) is 0.327. The number of halogens is 1. The van der Waals surface area contributed by atoms with Crippen LogP contribution in [0.2, 0.25) is 5.02 Å². The van der Waals surface area contributed by atoms with Crippen molar-refractivity contribution in [2.45, 2.75) is 32.9 Å². The summed E-state index contributed by atoms with van der Waals surface area (Å²) in [7, 11) is 0. The molecule has 178 valence electrons. The lowest BCUT2D eigenvalue weighted by molar-refractivity contribution is -0.139. The summed E-state index contributed by atoms with van der Waals surface area (Å²) >= 11 is 7.40. The van der Waals surface area contributed by atoms with Gasteiger partial charge >= 0.3 is 5.97 Å². The first kappa shape index (κ1) is 23.3. The Balaban J connectivity index is 1.69. The maximum atomic E-state index is 13.7. The largest absolute Gasteiger partial charge is 0.485 e. The molecule has 1 aromatic heterocycles. The fourth-order valence-electron chi connectivity index (χ4n) is 4.32. The monoisotopic (exact) mass is 506 g/mol. The number of nitrogens with zero attached hydrogens (tertiary/aromatic N) is 2. The van der Waals surface area contributed by atoms with Gasteiger partial charge in [-0.25, -0.2) is 9.79 Å². The zero-order chi connectivity index (χ0) is 24.7. The molecule has 2 aromatic carbocycles. The van der Waals surface area contributed by atoms with Crippen molar-refractivity contribution in [3.8, 4) is 5.75 Å². The van der Waals surface area contributed by atoms with Crippen molar-refractivity contribution in [2.75, 3.05) is 6.61 Å². The van der Waals surface area contributed by atoms with Crippen LogP contribution in [-0.4, -0.2) is 23.2 Å². The van der Waals surface area contributed by atoms with E-state index in [9.17, 15) is 9.59 Å². The molecular weight excluding hydrogens is 484 g/mol. The molecule has 0 saturated heterocycles. The number of carbonyl (C=O) groups is 1. The molecule has 35 heavy (non-hydrogen) atoms. The van der Waals surface area contributed by atoms with E-state index in [0.717, 1.165) is 22.4 Å². The van der Waals surface area contributed by atoms with Crippen LogP contribution in [0.15, 0.2) is 75.2 Å². The average molecular weight is 507 g/mol. The Bertz CT molecular complexity index is 1560. The van der Waals surface area contributed by atoms with Gasteiger partial charge in [0.2, 0.25) is 0 Å². The van der Waals surface area contributed by atoms with Gasteiger partial charge in [0, 0.05) is 10.6 Å². The number of ether oxygens (including phenoxy) is 2. The van der Waals surface area contributed by atoms with Crippen LogP contribution in [0.1, 0.15) is 37.9 Å². The number of thiazole rings is 1. The van der Waals surface area contributed by atoms with E-state index in [1.54, 1.807) is 30.5 Å². The van der Waals surface area contributed by atoms with Crippen LogP contribution in [0, 0.1) is 0 Å². The lowest BCUT2D eigenvalue weighted by Gasteiger charge is -2.24. The maximum absolute atomic E-state index is 13.7. The summed E-state index contributed by atoms with van der Waals surface area (Å²) in [5, 5.41) is 0.568. The van der Waals surface area contributed by atoms with E-state index in [1.807, 2.05) is 55.5 Å². The second-order valence-corrected chi connectivity index (χ2v) is 9.74. The van der Waals surface area contributed by atoms with Gasteiger partial charge in [-0.05, 0) is 62.3 Å². The molecule has 8 heteroatoms. The second-order valence-electron chi connectivity index (χ2n) is 8.30. The standard InChI is InChI=1S/C27H23ClN2O4S/c1-4-33-26(32)23-15(2)29-27-30(24(23)17-9-11-20(28)12-10-17)25(31)22(35-27)14-19-13-18-7-5-6-8-21(18)34-16(19)3/h5-14,16,24H,4H2,1-3H3/b22-14-/t16-,24-/m0/s1. The molecule has 0 amide bonds. The van der Waals surface area contributed by atoms with Gasteiger partial charge in [-0.15, -0.1) is 0 Å². The third-order valence-electron chi connectivity index (χ3n) is 6.01. The summed E-state index contributed by atoms with van der Waals surface area (Å²) in [6.45, 7) is 5.69. The number of esters is 1. The minimum Gasteiger partial charge on any atom is -0.485 e. The quantitative estimate of drug-likeness (QED) is 0.496. The van der Waals surface area contributed by atoms with E-state index in [0.29, 0.717) is 25.6 Å². The zero-order valence-electron chi connectivity index (χ0n) is 19.4. The Morgan fingerprint density at radius 2 is 1.97 bits per heavy atom. The molecule has 2 aliphatic rings. The molecule has 0 bridgehead atoms. The summed E-state index contributed by atoms with van der Waals surface area (Å²) in [6.07, 6.45) is 3.67. The highest BCUT2D eigenvalue weighted by molar-refractivity contribution is 7.07. The highest BCUT2D eigenvalue weighted by atomic mass is 35.5. The number of hydrogen-bond acceptors (Lipinski definition) is 6. The van der Waals surface area contributed by atoms with E-state index >= 15 is 0 Å². The van der Waals surface area contributed by atoms with Crippen LogP contribution in [0.3, 0.4) is 0 Å². The summed E-state index contributed by atoms with van der Waals surface area (Å²) in [4.78, 5) is 31.8. The van der Waals surface area contributed by atoms with Crippen LogP contribution in [0.5, 0.6) is 5.75 Å². The van der Waals surface area contributed by atoms with Crippen molar-refractivity contribution < 1.29 is 14.3 Å². The van der Waals surface area contributed by atoms with E-state index in [-0.39, 0.29) is 18.3 Å². The number of aromatic nitrogens is 1. The fourth-order valence-corrected chi connectivity index (χ4v) is 5.50. The highest BCUT2D eigenvalue weighted by Gasteiger charge is 2.33. The number of rotatable bonds is 4. The number of allylic oxidation sites excluding steroid dienone is 1. The molecule has 0 saturated carbocycles. The van der Waals surface area contributed by atoms with Gasteiger partial charge in [0.1, 0.15) is 11.9 Å². The SMILES string of the molecule is CCOC(=O)C1=C(C)N=c2s/c(=C\C3=Cc4ccccc4O[C@H]3C)c(=O)n2[C@H]1c1ccc(Cl)cc1. The predicted octanol–water partition coefficient (Wildman–Crippen LogP) is 4.27. The Morgan fingerprint density at radius 3 is 2.71 bits per heavy atom. The Morgan fingerprint density at radius 1 is 1.23 bits per heavy atom. The lowest BCUT2D eigenvalue weighted by Crippen LogP contribution is -2.40. The first-order chi connectivity index (χ1) is 16.9. The van der Waals surface area contributed by atoms with Crippen molar-refractivity contribution in [3.63, 3.8) is 0 Å². The van der Waals surface area contributed by atoms with E-state index in [2.05, 4.69) is 4.99 Å². The average Bonchev–Trinajstić information content (AvgIpc) is 3.13. The van der Waals surface area contributed by atoms with Crippen LogP contribution >= 0.6 is 22.9 Å². The van der Waals surface area contributed by atoms with E-state index in [1.165, 1.54) is 11.3 Å². The number of hydrogen-bond donors (Lipinski definition) is 0. The Kier molecular flexibility index (Phi) is 6.21. The number of fused-ring (bicyclic) bond motifs is 2. The van der Waals surface area contributed by atoms with Gasteiger partial charge in [0.05, 0.1) is 28.5 Å². The molecule has 3 aromatic rings. The molecule has 5 rings (SSSR count). The molecule has 0 aliphatic carbocycles. The van der Waals surface area contributed by atoms with Crippen molar-refractivity contribution in [1.82, 2.24) is 4.57 Å². The third kappa shape index (κ3) is 4.26. The topological polar surface area (TPSA) is 69.9 Å². The normalized spacial score (nSPS) is 19.3. The second kappa shape index (κ2) is 9.32. The number of benzene rings is 2. The predicted molar refractivity (Wildman–Crippen MR) is 137 cm³/mol. The van der Waals surface area contributed by atoms with Gasteiger partial charge in [0.25, 0.3) is 5.56 Å². The first-order valence-electron chi connectivity index (χ1n) is 11.3. The zero-order valence-corrected chi connectivity index (χ0v) is 21.0. The number of para-hydroxylation sites is 1. The molecule has 3 heterocycles. The van der Waals surface area contributed by atoms with Crippen molar-refractivity contribution >= 4 is 41.1 Å². The molecule has 6 nitrogen and oxygen atoms in total. The molecule has 0 fully saturated rings.